The number of nitrogens with zero attached hydrogens (tertiary/aromatic N) is 3. The molecule has 0 aliphatic carbocycles. The van der Waals surface area contributed by atoms with Crippen molar-refractivity contribution < 1.29 is 17.7 Å². The van der Waals surface area contributed by atoms with E-state index >= 15 is 0 Å². The molecule has 0 spiro atoms. The molecule has 2 aromatic rings. The van der Waals surface area contributed by atoms with E-state index in [0.717, 1.165) is 4.88 Å². The van der Waals surface area contributed by atoms with Crippen molar-refractivity contribution in [2.75, 3.05) is 26.3 Å². The molecule has 0 atom stereocenters. The molecule has 1 fully saturated rings. The number of morpholine rings is 1. The second kappa shape index (κ2) is 6.07. The van der Waals surface area contributed by atoms with Gasteiger partial charge in [-0.1, -0.05) is 12.1 Å². The standard InChI is InChI=1S/C13H17N3O4S2/c1-3-12-14-13(15-20-12)10-8-11(9(2)21-10)22(17,18)16-4-6-19-7-5-16/h8H,3-7H2,1-2H3. The van der Waals surface area contributed by atoms with Crippen LogP contribution in [0.5, 0.6) is 0 Å². The van der Waals surface area contributed by atoms with E-state index in [1.165, 1.54) is 15.6 Å². The molecule has 3 heterocycles. The van der Waals surface area contributed by atoms with Crippen molar-refractivity contribution in [3.63, 3.8) is 0 Å². The van der Waals surface area contributed by atoms with Gasteiger partial charge >= 0.3 is 0 Å². The minimum absolute atomic E-state index is 0.317. The van der Waals surface area contributed by atoms with Crippen molar-refractivity contribution in [3.8, 4) is 10.7 Å². The summed E-state index contributed by atoms with van der Waals surface area (Å²) in [6.45, 7) is 5.35. The summed E-state index contributed by atoms with van der Waals surface area (Å²) < 4.78 is 37.2. The smallest absolute Gasteiger partial charge is 0.244 e. The number of aryl methyl sites for hydroxylation is 2. The number of ether oxygens (including phenoxy) is 1. The number of hydrogen-bond donors (Lipinski definition) is 0. The van der Waals surface area contributed by atoms with E-state index in [1.807, 2.05) is 6.92 Å². The van der Waals surface area contributed by atoms with Crippen molar-refractivity contribution in [3.05, 3.63) is 16.8 Å². The van der Waals surface area contributed by atoms with Crippen LogP contribution in [-0.4, -0.2) is 49.2 Å². The molecule has 0 aromatic carbocycles. The number of thiophene rings is 1. The molecule has 1 aliphatic heterocycles. The molecule has 22 heavy (non-hydrogen) atoms. The van der Waals surface area contributed by atoms with Crippen LogP contribution >= 0.6 is 11.3 Å². The molecular formula is C13H17N3O4S2. The Morgan fingerprint density at radius 1 is 1.36 bits per heavy atom. The average molecular weight is 343 g/mol. The van der Waals surface area contributed by atoms with Crippen LogP contribution in [0, 0.1) is 6.92 Å². The van der Waals surface area contributed by atoms with Crippen LogP contribution in [0.25, 0.3) is 10.7 Å². The summed E-state index contributed by atoms with van der Waals surface area (Å²) in [7, 11) is -3.50. The highest BCUT2D eigenvalue weighted by Gasteiger charge is 2.29. The predicted octanol–water partition coefficient (Wildman–Crippen LogP) is 1.69. The second-order valence-corrected chi connectivity index (χ2v) is 8.08. The van der Waals surface area contributed by atoms with Crippen LogP contribution in [0.1, 0.15) is 17.7 Å². The monoisotopic (exact) mass is 343 g/mol. The van der Waals surface area contributed by atoms with Gasteiger partial charge in [0.2, 0.25) is 21.7 Å². The largest absolute Gasteiger partial charge is 0.379 e. The lowest BCUT2D eigenvalue weighted by molar-refractivity contribution is 0.0730. The highest BCUT2D eigenvalue weighted by Crippen LogP contribution is 2.33. The summed E-state index contributed by atoms with van der Waals surface area (Å²) in [4.78, 5) is 6.00. The van der Waals surface area contributed by atoms with Crippen molar-refractivity contribution in [1.82, 2.24) is 14.4 Å². The van der Waals surface area contributed by atoms with Gasteiger partial charge in [0.05, 0.1) is 23.0 Å². The van der Waals surface area contributed by atoms with Gasteiger partial charge in [0.15, 0.2) is 0 Å². The first kappa shape index (κ1) is 15.6. The predicted molar refractivity (Wildman–Crippen MR) is 81.3 cm³/mol. The van der Waals surface area contributed by atoms with E-state index in [9.17, 15) is 8.42 Å². The lowest BCUT2D eigenvalue weighted by atomic mass is 10.4. The van der Waals surface area contributed by atoms with E-state index in [1.54, 1.807) is 13.0 Å². The van der Waals surface area contributed by atoms with E-state index in [2.05, 4.69) is 10.1 Å². The Labute approximate surface area is 132 Å². The zero-order chi connectivity index (χ0) is 15.7. The van der Waals surface area contributed by atoms with Gasteiger partial charge in [0, 0.05) is 24.4 Å². The number of sulfonamides is 1. The fraction of sp³-hybridized carbons (Fsp3) is 0.538. The highest BCUT2D eigenvalue weighted by molar-refractivity contribution is 7.89. The van der Waals surface area contributed by atoms with E-state index in [4.69, 9.17) is 9.26 Å². The minimum Gasteiger partial charge on any atom is -0.379 e. The maximum absolute atomic E-state index is 12.7. The van der Waals surface area contributed by atoms with E-state index in [-0.39, 0.29) is 0 Å². The third-order valence-electron chi connectivity index (χ3n) is 3.45. The SMILES string of the molecule is CCc1nc(-c2cc(S(=O)(=O)N3CCOCC3)c(C)s2)no1. The third kappa shape index (κ3) is 2.81. The van der Waals surface area contributed by atoms with Crippen molar-refractivity contribution in [2.45, 2.75) is 25.2 Å². The Kier molecular flexibility index (Phi) is 4.31. The van der Waals surface area contributed by atoms with Gasteiger partial charge in [-0.3, -0.25) is 0 Å². The van der Waals surface area contributed by atoms with Gasteiger partial charge in [-0.15, -0.1) is 11.3 Å². The molecule has 2 aromatic heterocycles. The molecule has 1 aliphatic rings. The number of rotatable bonds is 4. The van der Waals surface area contributed by atoms with Crippen molar-refractivity contribution in [1.29, 1.82) is 0 Å². The Hall–Kier alpha value is -1.29. The second-order valence-electron chi connectivity index (χ2n) is 4.91. The fourth-order valence-corrected chi connectivity index (χ4v) is 5.15. The molecule has 3 rings (SSSR count). The van der Waals surface area contributed by atoms with Gasteiger partial charge in [0.1, 0.15) is 0 Å². The number of aromatic nitrogens is 2. The summed E-state index contributed by atoms with van der Waals surface area (Å²) in [6, 6.07) is 1.63. The minimum atomic E-state index is -3.50. The molecule has 1 saturated heterocycles. The average Bonchev–Trinajstić information content (AvgIpc) is 3.14. The molecule has 120 valence electrons. The first-order valence-electron chi connectivity index (χ1n) is 7.03. The molecule has 0 unspecified atom stereocenters. The molecule has 0 saturated carbocycles. The summed E-state index contributed by atoms with van der Waals surface area (Å²) in [5.74, 6) is 0.979. The summed E-state index contributed by atoms with van der Waals surface area (Å²) in [5.41, 5.74) is 0. The quantitative estimate of drug-likeness (QED) is 0.840. The molecule has 0 N–H and O–H groups in total. The topological polar surface area (TPSA) is 85.5 Å². The van der Waals surface area contributed by atoms with Gasteiger partial charge in [-0.25, -0.2) is 8.42 Å². The van der Waals surface area contributed by atoms with Gasteiger partial charge in [-0.2, -0.15) is 9.29 Å². The number of hydrogen-bond acceptors (Lipinski definition) is 7. The van der Waals surface area contributed by atoms with Gasteiger partial charge in [0.25, 0.3) is 0 Å². The van der Waals surface area contributed by atoms with E-state index < -0.39 is 10.0 Å². The van der Waals surface area contributed by atoms with Crippen LogP contribution in [-0.2, 0) is 21.2 Å². The van der Waals surface area contributed by atoms with E-state index in [0.29, 0.717) is 54.2 Å². The Morgan fingerprint density at radius 3 is 2.73 bits per heavy atom. The lowest BCUT2D eigenvalue weighted by Crippen LogP contribution is -2.40. The summed E-state index contributed by atoms with van der Waals surface area (Å²) >= 11 is 1.36. The first-order chi connectivity index (χ1) is 10.5. The Bertz CT molecular complexity index is 760. The zero-order valence-electron chi connectivity index (χ0n) is 12.4. The van der Waals surface area contributed by atoms with Crippen LogP contribution < -0.4 is 0 Å². The zero-order valence-corrected chi connectivity index (χ0v) is 14.0. The summed E-state index contributed by atoms with van der Waals surface area (Å²) in [6.07, 6.45) is 0.649. The van der Waals surface area contributed by atoms with Crippen molar-refractivity contribution >= 4 is 21.4 Å². The molecular weight excluding hydrogens is 326 g/mol. The molecule has 9 heteroatoms. The maximum Gasteiger partial charge on any atom is 0.244 e. The Balaban J connectivity index is 1.94. The highest BCUT2D eigenvalue weighted by atomic mass is 32.2. The van der Waals surface area contributed by atoms with Gasteiger partial charge < -0.3 is 9.26 Å². The van der Waals surface area contributed by atoms with Crippen LogP contribution in [0.4, 0.5) is 0 Å². The normalized spacial score (nSPS) is 17.0. The molecule has 0 radical (unpaired) electrons. The van der Waals surface area contributed by atoms with Crippen LogP contribution in [0.15, 0.2) is 15.5 Å². The molecule has 0 amide bonds. The Morgan fingerprint density at radius 2 is 2.09 bits per heavy atom. The lowest BCUT2D eigenvalue weighted by Gasteiger charge is -2.25. The molecule has 7 nitrogen and oxygen atoms in total. The maximum atomic E-state index is 12.7. The molecule has 0 bridgehead atoms. The fourth-order valence-electron chi connectivity index (χ4n) is 2.26. The van der Waals surface area contributed by atoms with Crippen molar-refractivity contribution in [2.24, 2.45) is 0 Å². The van der Waals surface area contributed by atoms with Gasteiger partial charge in [-0.05, 0) is 13.0 Å². The third-order valence-corrected chi connectivity index (χ3v) is 6.65. The summed E-state index contributed by atoms with van der Waals surface area (Å²) in [5, 5.41) is 3.90. The first-order valence-corrected chi connectivity index (χ1v) is 9.29. The van der Waals surface area contributed by atoms with Crippen LogP contribution in [0.3, 0.4) is 0 Å². The van der Waals surface area contributed by atoms with Crippen LogP contribution in [0.2, 0.25) is 0 Å².